The zero-order valence-corrected chi connectivity index (χ0v) is 9.07. The zero-order chi connectivity index (χ0) is 11.4. The summed E-state index contributed by atoms with van der Waals surface area (Å²) in [5, 5.41) is 10.9. The number of allylic oxidation sites excluding steroid dienone is 5. The quantitative estimate of drug-likeness (QED) is 0.790. The molecule has 0 atom stereocenters. The van der Waals surface area contributed by atoms with Gasteiger partial charge in [-0.1, -0.05) is 12.2 Å². The van der Waals surface area contributed by atoms with Gasteiger partial charge in [0.2, 0.25) is 0 Å². The molecular weight excluding hydrogens is 198 g/mol. The van der Waals surface area contributed by atoms with Crippen LogP contribution >= 0.6 is 0 Å². The Morgan fingerprint density at radius 3 is 3.00 bits per heavy atom. The second-order valence-corrected chi connectivity index (χ2v) is 3.57. The molecule has 2 N–H and O–H groups in total. The molecule has 1 aliphatic carbocycles. The van der Waals surface area contributed by atoms with Crippen LogP contribution in [0.15, 0.2) is 60.1 Å². The summed E-state index contributed by atoms with van der Waals surface area (Å²) in [5.74, 6) is 0. The van der Waals surface area contributed by atoms with Crippen molar-refractivity contribution < 1.29 is 0 Å². The first-order valence-electron chi connectivity index (χ1n) is 5.08. The van der Waals surface area contributed by atoms with E-state index in [4.69, 9.17) is 5.41 Å². The van der Waals surface area contributed by atoms with Crippen LogP contribution in [0.1, 0.15) is 6.92 Å². The summed E-state index contributed by atoms with van der Waals surface area (Å²) in [6, 6.07) is 3.81. The summed E-state index contributed by atoms with van der Waals surface area (Å²) in [6.45, 7) is 1.99. The first kappa shape index (κ1) is 10.4. The third-order valence-electron chi connectivity index (χ3n) is 2.37. The average molecular weight is 211 g/mol. The molecular formula is C13H13N3. The fourth-order valence-electron chi connectivity index (χ4n) is 1.48. The Kier molecular flexibility index (Phi) is 2.96. The highest BCUT2D eigenvalue weighted by atomic mass is 14.9. The molecule has 0 aliphatic heterocycles. The van der Waals surface area contributed by atoms with Crippen molar-refractivity contribution in [3.05, 3.63) is 60.1 Å². The maximum atomic E-state index is 7.79. The van der Waals surface area contributed by atoms with Crippen LogP contribution in [0.25, 0.3) is 0 Å². The minimum atomic E-state index is 0.524. The Labute approximate surface area is 94.7 Å². The SMILES string of the molecule is CC1=CC=CC(=N)/C1=C\Nc1cccnc1. The van der Waals surface area contributed by atoms with Crippen LogP contribution in [0.5, 0.6) is 0 Å². The van der Waals surface area contributed by atoms with Gasteiger partial charge in [0.1, 0.15) is 0 Å². The lowest BCUT2D eigenvalue weighted by Gasteiger charge is -2.10. The molecule has 0 amide bonds. The highest BCUT2D eigenvalue weighted by molar-refractivity contribution is 6.10. The predicted octanol–water partition coefficient (Wildman–Crippen LogP) is 2.91. The van der Waals surface area contributed by atoms with Gasteiger partial charge >= 0.3 is 0 Å². The van der Waals surface area contributed by atoms with E-state index < -0.39 is 0 Å². The first-order chi connectivity index (χ1) is 7.77. The second kappa shape index (κ2) is 4.57. The smallest absolute Gasteiger partial charge is 0.0629 e. The zero-order valence-electron chi connectivity index (χ0n) is 9.07. The topological polar surface area (TPSA) is 48.8 Å². The monoisotopic (exact) mass is 211 g/mol. The molecule has 1 aromatic heterocycles. The summed E-state index contributed by atoms with van der Waals surface area (Å²) in [4.78, 5) is 4.01. The van der Waals surface area contributed by atoms with Gasteiger partial charge in [-0.25, -0.2) is 0 Å². The molecule has 1 heterocycles. The minimum Gasteiger partial charge on any atom is -0.360 e. The van der Waals surface area contributed by atoms with Crippen molar-refractivity contribution in [1.29, 1.82) is 5.41 Å². The van der Waals surface area contributed by atoms with Gasteiger partial charge in [0.05, 0.1) is 17.6 Å². The van der Waals surface area contributed by atoms with E-state index in [9.17, 15) is 0 Å². The van der Waals surface area contributed by atoms with Crippen LogP contribution in [0.4, 0.5) is 5.69 Å². The Bertz CT molecular complexity index is 481. The largest absolute Gasteiger partial charge is 0.360 e. The van der Waals surface area contributed by atoms with E-state index in [1.165, 1.54) is 0 Å². The number of aromatic nitrogens is 1. The molecule has 2 rings (SSSR count). The van der Waals surface area contributed by atoms with Crippen molar-refractivity contribution in [2.24, 2.45) is 0 Å². The molecule has 0 saturated carbocycles. The van der Waals surface area contributed by atoms with Crippen LogP contribution < -0.4 is 5.32 Å². The molecule has 0 bridgehead atoms. The third kappa shape index (κ3) is 2.25. The number of nitrogens with one attached hydrogen (secondary N) is 2. The predicted molar refractivity (Wildman–Crippen MR) is 66.6 cm³/mol. The lowest BCUT2D eigenvalue weighted by atomic mass is 9.99. The van der Waals surface area contributed by atoms with Crippen molar-refractivity contribution in [1.82, 2.24) is 4.98 Å². The highest BCUT2D eigenvalue weighted by Crippen LogP contribution is 2.16. The number of hydrogen-bond acceptors (Lipinski definition) is 3. The van der Waals surface area contributed by atoms with E-state index in [1.54, 1.807) is 18.5 Å². The molecule has 0 saturated heterocycles. The minimum absolute atomic E-state index is 0.524. The maximum Gasteiger partial charge on any atom is 0.0629 e. The summed E-state index contributed by atoms with van der Waals surface area (Å²) >= 11 is 0. The second-order valence-electron chi connectivity index (χ2n) is 3.57. The molecule has 80 valence electrons. The standard InChI is InChI=1S/C13H13N3/c1-10-4-2-6-13(14)12(10)9-16-11-5-3-7-15-8-11/h2-9,14,16H,1H3/b12-9-,14-13?. The number of nitrogens with zero attached hydrogens (tertiary/aromatic N) is 1. The molecule has 0 radical (unpaired) electrons. The van der Waals surface area contributed by atoms with Crippen molar-refractivity contribution in [3.8, 4) is 0 Å². The van der Waals surface area contributed by atoms with Gasteiger partial charge in [-0.15, -0.1) is 0 Å². The van der Waals surface area contributed by atoms with Crippen molar-refractivity contribution in [2.45, 2.75) is 6.92 Å². The van der Waals surface area contributed by atoms with E-state index in [2.05, 4.69) is 10.3 Å². The summed E-state index contributed by atoms with van der Waals surface area (Å²) in [6.07, 6.45) is 11.0. The van der Waals surface area contributed by atoms with Gasteiger partial charge in [0.25, 0.3) is 0 Å². The molecule has 0 fully saturated rings. The van der Waals surface area contributed by atoms with Crippen LogP contribution in [0.3, 0.4) is 0 Å². The summed E-state index contributed by atoms with van der Waals surface area (Å²) < 4.78 is 0. The van der Waals surface area contributed by atoms with Crippen molar-refractivity contribution in [2.75, 3.05) is 5.32 Å². The molecule has 0 unspecified atom stereocenters. The first-order valence-corrected chi connectivity index (χ1v) is 5.08. The number of rotatable bonds is 2. The summed E-state index contributed by atoms with van der Waals surface area (Å²) in [7, 11) is 0. The average Bonchev–Trinajstić information content (AvgIpc) is 2.30. The Hall–Kier alpha value is -2.16. The van der Waals surface area contributed by atoms with Gasteiger partial charge in [-0.05, 0) is 30.7 Å². The number of hydrogen-bond donors (Lipinski definition) is 2. The molecule has 0 spiro atoms. The van der Waals surface area contributed by atoms with Gasteiger partial charge in [-0.3, -0.25) is 4.98 Å². The van der Waals surface area contributed by atoms with E-state index >= 15 is 0 Å². The van der Waals surface area contributed by atoms with E-state index in [0.717, 1.165) is 16.8 Å². The van der Waals surface area contributed by atoms with Crippen molar-refractivity contribution in [3.63, 3.8) is 0 Å². The lowest BCUT2D eigenvalue weighted by Crippen LogP contribution is -2.05. The Morgan fingerprint density at radius 2 is 2.31 bits per heavy atom. The molecule has 0 aromatic carbocycles. The van der Waals surface area contributed by atoms with Crippen LogP contribution in [0.2, 0.25) is 0 Å². The van der Waals surface area contributed by atoms with Gasteiger partial charge in [0.15, 0.2) is 0 Å². The maximum absolute atomic E-state index is 7.79. The fourth-order valence-corrected chi connectivity index (χ4v) is 1.48. The van der Waals surface area contributed by atoms with Crippen LogP contribution in [-0.4, -0.2) is 10.7 Å². The Morgan fingerprint density at radius 1 is 1.44 bits per heavy atom. The fraction of sp³-hybridized carbons (Fsp3) is 0.0769. The number of anilines is 1. The highest BCUT2D eigenvalue weighted by Gasteiger charge is 2.07. The molecule has 1 aliphatic rings. The van der Waals surface area contributed by atoms with Gasteiger partial charge in [0, 0.05) is 18.0 Å². The van der Waals surface area contributed by atoms with Gasteiger partial charge in [-0.2, -0.15) is 0 Å². The van der Waals surface area contributed by atoms with Crippen molar-refractivity contribution >= 4 is 11.4 Å². The molecule has 3 heteroatoms. The lowest BCUT2D eigenvalue weighted by molar-refractivity contribution is 1.31. The normalized spacial score (nSPS) is 17.4. The van der Waals surface area contributed by atoms with Crippen LogP contribution in [-0.2, 0) is 0 Å². The molecule has 16 heavy (non-hydrogen) atoms. The third-order valence-corrected chi connectivity index (χ3v) is 2.37. The van der Waals surface area contributed by atoms with Gasteiger partial charge < -0.3 is 10.7 Å². The Balaban J connectivity index is 2.17. The molecule has 3 nitrogen and oxygen atoms in total. The number of pyridine rings is 1. The van der Waals surface area contributed by atoms with E-state index in [0.29, 0.717) is 5.71 Å². The van der Waals surface area contributed by atoms with Crippen LogP contribution in [0, 0.1) is 5.41 Å². The van der Waals surface area contributed by atoms with E-state index in [1.807, 2.05) is 37.4 Å². The molecule has 1 aromatic rings. The summed E-state index contributed by atoms with van der Waals surface area (Å²) in [5.41, 5.74) is 3.44. The van der Waals surface area contributed by atoms with E-state index in [-0.39, 0.29) is 0 Å².